The van der Waals surface area contributed by atoms with Crippen molar-refractivity contribution in [1.82, 2.24) is 20.4 Å². The van der Waals surface area contributed by atoms with E-state index >= 15 is 0 Å². The van der Waals surface area contributed by atoms with Gasteiger partial charge in [0.05, 0.1) is 6.54 Å². The molecule has 2 aliphatic rings. The highest BCUT2D eigenvalue weighted by Gasteiger charge is 2.28. The number of carbonyl (C=O) groups excluding carboxylic acids is 1. The topological polar surface area (TPSA) is 60.0 Å². The minimum Gasteiger partial charge on any atom is -0.357 e. The van der Waals surface area contributed by atoms with Crippen LogP contribution in [-0.2, 0) is 17.9 Å². The Balaban J connectivity index is 1.62. The van der Waals surface area contributed by atoms with Gasteiger partial charge in [-0.1, -0.05) is 44.5 Å². The number of nitrogens with one attached hydrogen (secondary N) is 2. The fourth-order valence-electron chi connectivity index (χ4n) is 4.60. The van der Waals surface area contributed by atoms with E-state index in [-0.39, 0.29) is 17.9 Å². The molecule has 3 rings (SSSR count). The van der Waals surface area contributed by atoms with E-state index in [0.29, 0.717) is 12.6 Å². The van der Waals surface area contributed by atoms with Gasteiger partial charge in [-0.15, -0.1) is 0 Å². The Bertz CT molecular complexity index is 747. The quantitative estimate of drug-likeness (QED) is 0.517. The average molecular weight is 428 g/mol. The molecule has 6 nitrogen and oxygen atoms in total. The van der Waals surface area contributed by atoms with Gasteiger partial charge in [0.25, 0.3) is 0 Å². The van der Waals surface area contributed by atoms with Crippen molar-refractivity contribution in [3.8, 4) is 0 Å². The minimum atomic E-state index is 0.0554. The summed E-state index contributed by atoms with van der Waals surface area (Å²) in [6, 6.07) is 9.61. The van der Waals surface area contributed by atoms with Gasteiger partial charge in [0, 0.05) is 44.2 Å². The van der Waals surface area contributed by atoms with E-state index in [4.69, 9.17) is 4.99 Å². The maximum Gasteiger partial charge on any atom is 0.225 e. The normalized spacial score (nSPS) is 22.7. The molecule has 2 N–H and O–H groups in total. The van der Waals surface area contributed by atoms with Crippen molar-refractivity contribution in [3.05, 3.63) is 35.4 Å². The molecule has 2 aliphatic heterocycles. The summed E-state index contributed by atoms with van der Waals surface area (Å²) in [4.78, 5) is 21.8. The molecule has 31 heavy (non-hydrogen) atoms. The van der Waals surface area contributed by atoms with Crippen LogP contribution in [-0.4, -0.2) is 59.9 Å². The number of aliphatic imine (C=N–C) groups is 1. The zero-order valence-electron chi connectivity index (χ0n) is 19.9. The highest BCUT2D eigenvalue weighted by atomic mass is 16.2. The molecule has 0 aliphatic carbocycles. The summed E-state index contributed by atoms with van der Waals surface area (Å²) in [5.41, 5.74) is 2.67. The Hall–Kier alpha value is -2.08. The van der Waals surface area contributed by atoms with E-state index < -0.39 is 0 Å². The number of hydrogen-bond acceptors (Lipinski definition) is 3. The lowest BCUT2D eigenvalue weighted by atomic mass is 10.0. The zero-order valence-corrected chi connectivity index (χ0v) is 19.9. The molecular weight excluding hydrogens is 386 g/mol. The summed E-state index contributed by atoms with van der Waals surface area (Å²) < 4.78 is 0. The van der Waals surface area contributed by atoms with Crippen molar-refractivity contribution >= 4 is 11.9 Å². The molecule has 2 saturated heterocycles. The second-order valence-corrected chi connectivity index (χ2v) is 9.35. The van der Waals surface area contributed by atoms with Crippen molar-refractivity contribution in [3.63, 3.8) is 0 Å². The highest BCUT2D eigenvalue weighted by Crippen LogP contribution is 2.21. The van der Waals surface area contributed by atoms with Crippen molar-refractivity contribution in [2.75, 3.05) is 26.2 Å². The molecule has 0 bridgehead atoms. The number of rotatable bonds is 7. The van der Waals surface area contributed by atoms with Crippen molar-refractivity contribution in [2.45, 2.75) is 78.6 Å². The number of guanidine groups is 1. The number of hydrogen-bond donors (Lipinski definition) is 2. The molecule has 2 atom stereocenters. The van der Waals surface area contributed by atoms with Gasteiger partial charge in [-0.05, 0) is 50.8 Å². The van der Waals surface area contributed by atoms with Crippen LogP contribution in [0.4, 0.5) is 0 Å². The van der Waals surface area contributed by atoms with Crippen LogP contribution >= 0.6 is 0 Å². The Morgan fingerprint density at radius 3 is 2.65 bits per heavy atom. The number of piperidine rings is 1. The van der Waals surface area contributed by atoms with Crippen molar-refractivity contribution in [2.24, 2.45) is 10.9 Å². The van der Waals surface area contributed by atoms with Crippen molar-refractivity contribution < 1.29 is 4.79 Å². The lowest BCUT2D eigenvalue weighted by molar-refractivity contribution is -0.133. The molecule has 2 heterocycles. The molecule has 1 aromatic carbocycles. The summed E-state index contributed by atoms with van der Waals surface area (Å²) in [5.74, 6) is 1.14. The van der Waals surface area contributed by atoms with Crippen LogP contribution in [0.15, 0.2) is 29.3 Å². The molecule has 0 saturated carbocycles. The third kappa shape index (κ3) is 6.70. The van der Waals surface area contributed by atoms with Crippen molar-refractivity contribution in [1.29, 1.82) is 0 Å². The van der Waals surface area contributed by atoms with Crippen LogP contribution in [0.1, 0.15) is 64.5 Å². The molecule has 2 unspecified atom stereocenters. The van der Waals surface area contributed by atoms with E-state index in [1.54, 1.807) is 0 Å². The van der Waals surface area contributed by atoms with Gasteiger partial charge in [-0.3, -0.25) is 9.69 Å². The Kier molecular flexibility index (Phi) is 8.76. The third-order valence-electron chi connectivity index (χ3n) is 6.52. The lowest BCUT2D eigenvalue weighted by Crippen LogP contribution is -2.45. The molecule has 6 heteroatoms. The zero-order chi connectivity index (χ0) is 22.2. The summed E-state index contributed by atoms with van der Waals surface area (Å²) in [6.45, 7) is 13.6. The van der Waals surface area contributed by atoms with Gasteiger partial charge in [-0.2, -0.15) is 0 Å². The highest BCUT2D eigenvalue weighted by molar-refractivity contribution is 5.81. The first kappa shape index (κ1) is 23.6. The Labute approximate surface area is 188 Å². The molecule has 1 amide bonds. The summed E-state index contributed by atoms with van der Waals surface area (Å²) in [5, 5.41) is 6.93. The predicted molar refractivity (Wildman–Crippen MR) is 128 cm³/mol. The number of carbonyl (C=O) groups is 1. The number of likely N-dealkylation sites (tertiary alicyclic amines) is 2. The van der Waals surface area contributed by atoms with E-state index in [2.05, 4.69) is 53.6 Å². The monoisotopic (exact) mass is 427 g/mol. The van der Waals surface area contributed by atoms with Crippen LogP contribution in [0.25, 0.3) is 0 Å². The van der Waals surface area contributed by atoms with Gasteiger partial charge < -0.3 is 15.5 Å². The van der Waals surface area contributed by atoms with E-state index in [9.17, 15) is 4.79 Å². The average Bonchev–Trinajstić information content (AvgIpc) is 3.22. The summed E-state index contributed by atoms with van der Waals surface area (Å²) in [6.07, 6.45) is 4.92. The Morgan fingerprint density at radius 1 is 1.16 bits per heavy atom. The number of benzene rings is 1. The molecule has 172 valence electrons. The fraction of sp³-hybridized carbons (Fsp3) is 0.680. The standard InChI is InChI=1S/C25H41N5O/c1-5-26-25(28-23-13-15-30(18-23)24(31)19(2)3)27-16-21-11-6-7-12-22(21)17-29-14-9-8-10-20(29)4/h6-7,11-12,19-20,23H,5,8-10,13-18H2,1-4H3,(H2,26,27,28). The first-order valence-corrected chi connectivity index (χ1v) is 12.1. The summed E-state index contributed by atoms with van der Waals surface area (Å²) in [7, 11) is 0. The first-order valence-electron chi connectivity index (χ1n) is 12.1. The maximum absolute atomic E-state index is 12.3. The van der Waals surface area contributed by atoms with Crippen LogP contribution < -0.4 is 10.6 Å². The number of amides is 1. The molecule has 2 fully saturated rings. The van der Waals surface area contributed by atoms with Crippen LogP contribution in [0, 0.1) is 5.92 Å². The lowest BCUT2D eigenvalue weighted by Gasteiger charge is -2.33. The maximum atomic E-state index is 12.3. The van der Waals surface area contributed by atoms with Gasteiger partial charge in [0.15, 0.2) is 5.96 Å². The smallest absolute Gasteiger partial charge is 0.225 e. The van der Waals surface area contributed by atoms with E-state index in [1.165, 1.54) is 36.9 Å². The molecule has 0 spiro atoms. The van der Waals surface area contributed by atoms with Gasteiger partial charge in [-0.25, -0.2) is 4.99 Å². The van der Waals surface area contributed by atoms with Crippen LogP contribution in [0.3, 0.4) is 0 Å². The summed E-state index contributed by atoms with van der Waals surface area (Å²) >= 11 is 0. The largest absolute Gasteiger partial charge is 0.357 e. The van der Waals surface area contributed by atoms with E-state index in [1.807, 2.05) is 18.7 Å². The second-order valence-electron chi connectivity index (χ2n) is 9.35. The van der Waals surface area contributed by atoms with Crippen LogP contribution in [0.5, 0.6) is 0 Å². The second kappa shape index (κ2) is 11.5. The SMILES string of the molecule is CCNC(=NCc1ccccc1CN1CCCCC1C)NC1CCN(C(=O)C(C)C)C1. The van der Waals surface area contributed by atoms with Gasteiger partial charge in [0.2, 0.25) is 5.91 Å². The first-order chi connectivity index (χ1) is 15.0. The molecule has 0 aromatic heterocycles. The van der Waals surface area contributed by atoms with Gasteiger partial charge in [0.1, 0.15) is 0 Å². The number of nitrogens with zero attached hydrogens (tertiary/aromatic N) is 3. The molecular formula is C25H41N5O. The van der Waals surface area contributed by atoms with Gasteiger partial charge >= 0.3 is 0 Å². The predicted octanol–water partition coefficient (Wildman–Crippen LogP) is 3.37. The molecule has 0 radical (unpaired) electrons. The van der Waals surface area contributed by atoms with E-state index in [0.717, 1.165) is 38.6 Å². The molecule has 1 aromatic rings. The van der Waals surface area contributed by atoms with Crippen LogP contribution in [0.2, 0.25) is 0 Å². The fourth-order valence-corrected chi connectivity index (χ4v) is 4.60. The third-order valence-corrected chi connectivity index (χ3v) is 6.52. The minimum absolute atomic E-state index is 0.0554. The Morgan fingerprint density at radius 2 is 1.94 bits per heavy atom.